The maximum absolute atomic E-state index is 14.2. The summed E-state index contributed by atoms with van der Waals surface area (Å²) < 4.78 is 27.5. The molecule has 2 aromatic carbocycles. The fraction of sp³-hybridized carbons (Fsp3) is 0.300. The van der Waals surface area contributed by atoms with Crippen LogP contribution in [0.25, 0.3) is 0 Å². The van der Waals surface area contributed by atoms with Crippen molar-refractivity contribution in [2.45, 2.75) is 26.1 Å². The Bertz CT molecular complexity index is 896. The van der Waals surface area contributed by atoms with Crippen LogP contribution >= 0.6 is 11.8 Å². The molecule has 2 amide bonds. The topological polar surface area (TPSA) is 49.4 Å². The monoisotopic (exact) mass is 390 g/mol. The lowest BCUT2D eigenvalue weighted by Gasteiger charge is -2.25. The molecule has 0 unspecified atom stereocenters. The summed E-state index contributed by atoms with van der Waals surface area (Å²) in [6, 6.07) is 10.3. The zero-order valence-electron chi connectivity index (χ0n) is 15.3. The molecule has 1 heterocycles. The Kier molecular flexibility index (Phi) is 5.24. The van der Waals surface area contributed by atoms with Crippen LogP contribution in [0, 0.1) is 17.0 Å². The number of halogens is 2. The number of hydrogen-bond donors (Lipinski definition) is 1. The lowest BCUT2D eigenvalue weighted by molar-refractivity contribution is -0.123. The van der Waals surface area contributed by atoms with Gasteiger partial charge in [0.15, 0.2) is 0 Å². The van der Waals surface area contributed by atoms with Crippen LogP contribution in [-0.2, 0) is 9.59 Å². The first-order valence-corrected chi connectivity index (χ1v) is 9.52. The minimum absolute atomic E-state index is 0.0422. The summed E-state index contributed by atoms with van der Waals surface area (Å²) in [6.07, 6.45) is 0. The van der Waals surface area contributed by atoms with Gasteiger partial charge in [0.25, 0.3) is 0 Å². The molecule has 1 aliphatic heterocycles. The molecule has 27 heavy (non-hydrogen) atoms. The number of nitrogens with zero attached hydrogens (tertiary/aromatic N) is 1. The highest BCUT2D eigenvalue weighted by molar-refractivity contribution is 8.00. The second kappa shape index (κ2) is 7.31. The molecule has 2 aromatic rings. The van der Waals surface area contributed by atoms with Crippen LogP contribution in [-0.4, -0.2) is 17.6 Å². The molecular formula is C20H20F2N2O2S. The Balaban J connectivity index is 1.92. The molecule has 1 fully saturated rings. The van der Waals surface area contributed by atoms with E-state index in [0.717, 1.165) is 17.7 Å². The molecule has 1 N–H and O–H groups in total. The van der Waals surface area contributed by atoms with Crippen LogP contribution < -0.4 is 10.2 Å². The molecule has 0 aliphatic carbocycles. The number of rotatable bonds is 3. The molecule has 142 valence electrons. The van der Waals surface area contributed by atoms with E-state index in [4.69, 9.17) is 0 Å². The maximum atomic E-state index is 14.2. The maximum Gasteiger partial charge on any atom is 0.238 e. The lowest BCUT2D eigenvalue weighted by Crippen LogP contribution is -2.29. The molecule has 3 rings (SSSR count). The summed E-state index contributed by atoms with van der Waals surface area (Å²) in [6.45, 7) is 5.45. The van der Waals surface area contributed by atoms with E-state index in [2.05, 4.69) is 5.32 Å². The summed E-state index contributed by atoms with van der Waals surface area (Å²) in [4.78, 5) is 25.9. The molecule has 0 radical (unpaired) electrons. The third kappa shape index (κ3) is 4.13. The van der Waals surface area contributed by atoms with Gasteiger partial charge in [-0.1, -0.05) is 32.9 Å². The van der Waals surface area contributed by atoms with Gasteiger partial charge in [0.2, 0.25) is 11.8 Å². The number of thioether (sulfide) groups is 1. The first-order chi connectivity index (χ1) is 12.7. The van der Waals surface area contributed by atoms with E-state index in [0.29, 0.717) is 5.69 Å². The Morgan fingerprint density at radius 2 is 1.93 bits per heavy atom. The van der Waals surface area contributed by atoms with Crippen molar-refractivity contribution in [2.75, 3.05) is 16.0 Å². The Morgan fingerprint density at radius 3 is 2.59 bits per heavy atom. The Morgan fingerprint density at radius 1 is 1.19 bits per heavy atom. The van der Waals surface area contributed by atoms with Gasteiger partial charge in [-0.3, -0.25) is 14.5 Å². The summed E-state index contributed by atoms with van der Waals surface area (Å²) in [7, 11) is 0. The Labute approximate surface area is 160 Å². The van der Waals surface area contributed by atoms with Crippen molar-refractivity contribution in [3.05, 3.63) is 59.7 Å². The number of benzene rings is 2. The highest BCUT2D eigenvalue weighted by Gasteiger charge is 2.35. The van der Waals surface area contributed by atoms with Crippen molar-refractivity contribution < 1.29 is 18.4 Å². The van der Waals surface area contributed by atoms with E-state index in [1.807, 2.05) is 26.8 Å². The first-order valence-electron chi connectivity index (χ1n) is 8.47. The number of carbonyl (C=O) groups is 2. The first kappa shape index (κ1) is 19.4. The van der Waals surface area contributed by atoms with Gasteiger partial charge in [-0.2, -0.15) is 0 Å². The SMILES string of the molecule is CC(C)(C)C(=O)Nc1cccc([C@@H]2SCC(=O)N2c2ccc(F)cc2F)c1. The van der Waals surface area contributed by atoms with Crippen molar-refractivity contribution in [1.82, 2.24) is 0 Å². The summed E-state index contributed by atoms with van der Waals surface area (Å²) in [5, 5.41) is 2.40. The van der Waals surface area contributed by atoms with E-state index >= 15 is 0 Å². The highest BCUT2D eigenvalue weighted by Crippen LogP contribution is 2.43. The van der Waals surface area contributed by atoms with Crippen molar-refractivity contribution in [3.63, 3.8) is 0 Å². The lowest BCUT2D eigenvalue weighted by atomic mass is 9.95. The summed E-state index contributed by atoms with van der Waals surface area (Å²) >= 11 is 1.36. The van der Waals surface area contributed by atoms with Gasteiger partial charge < -0.3 is 5.32 Å². The van der Waals surface area contributed by atoms with Crippen molar-refractivity contribution in [1.29, 1.82) is 0 Å². The van der Waals surface area contributed by atoms with Gasteiger partial charge in [0.05, 0.1) is 11.4 Å². The molecular weight excluding hydrogens is 370 g/mol. The standard InChI is InChI=1S/C20H20F2N2O2S/c1-20(2,3)19(26)23-14-6-4-5-12(9-14)18-24(17(25)11-27-18)16-8-7-13(21)10-15(16)22/h4-10,18H,11H2,1-3H3,(H,23,26)/t18-/m0/s1. The second-order valence-electron chi connectivity index (χ2n) is 7.35. The average Bonchev–Trinajstić information content (AvgIpc) is 2.96. The highest BCUT2D eigenvalue weighted by atomic mass is 32.2. The molecule has 1 atom stereocenters. The second-order valence-corrected chi connectivity index (χ2v) is 8.42. The van der Waals surface area contributed by atoms with Crippen LogP contribution in [0.4, 0.5) is 20.2 Å². The summed E-state index contributed by atoms with van der Waals surface area (Å²) in [5.41, 5.74) is 0.853. The molecule has 0 saturated carbocycles. The quantitative estimate of drug-likeness (QED) is 0.824. The fourth-order valence-corrected chi connectivity index (χ4v) is 3.86. The van der Waals surface area contributed by atoms with Gasteiger partial charge >= 0.3 is 0 Å². The fourth-order valence-electron chi connectivity index (χ4n) is 2.70. The predicted molar refractivity (Wildman–Crippen MR) is 104 cm³/mol. The van der Waals surface area contributed by atoms with Crippen LogP contribution in [0.5, 0.6) is 0 Å². The largest absolute Gasteiger partial charge is 0.326 e. The van der Waals surface area contributed by atoms with Crippen LogP contribution in [0.1, 0.15) is 31.7 Å². The molecule has 0 spiro atoms. The van der Waals surface area contributed by atoms with E-state index in [1.165, 1.54) is 22.7 Å². The van der Waals surface area contributed by atoms with Crippen LogP contribution in [0.15, 0.2) is 42.5 Å². The smallest absolute Gasteiger partial charge is 0.238 e. The normalized spacial score (nSPS) is 17.3. The summed E-state index contributed by atoms with van der Waals surface area (Å²) in [5.74, 6) is -1.66. The van der Waals surface area contributed by atoms with Crippen molar-refractivity contribution >= 4 is 35.0 Å². The third-order valence-corrected chi connectivity index (χ3v) is 5.36. The van der Waals surface area contributed by atoms with E-state index in [-0.39, 0.29) is 23.3 Å². The van der Waals surface area contributed by atoms with Gasteiger partial charge in [0.1, 0.15) is 17.0 Å². The average molecular weight is 390 g/mol. The van der Waals surface area contributed by atoms with Gasteiger partial charge in [-0.05, 0) is 29.8 Å². The van der Waals surface area contributed by atoms with Crippen molar-refractivity contribution in [3.8, 4) is 0 Å². The van der Waals surface area contributed by atoms with Crippen LogP contribution in [0.3, 0.4) is 0 Å². The third-order valence-electron chi connectivity index (χ3n) is 4.15. The molecule has 1 aliphatic rings. The van der Waals surface area contributed by atoms with Crippen molar-refractivity contribution in [2.24, 2.45) is 5.41 Å². The number of amides is 2. The molecule has 7 heteroatoms. The van der Waals surface area contributed by atoms with Crippen LogP contribution in [0.2, 0.25) is 0 Å². The molecule has 1 saturated heterocycles. The molecule has 0 aromatic heterocycles. The zero-order valence-corrected chi connectivity index (χ0v) is 16.1. The van der Waals surface area contributed by atoms with Gasteiger partial charge in [0, 0.05) is 17.2 Å². The van der Waals surface area contributed by atoms with Gasteiger partial charge in [-0.25, -0.2) is 8.78 Å². The number of hydrogen-bond acceptors (Lipinski definition) is 3. The minimum atomic E-state index is -0.784. The number of nitrogens with one attached hydrogen (secondary N) is 1. The zero-order chi connectivity index (χ0) is 19.8. The number of carbonyl (C=O) groups excluding carboxylic acids is 2. The molecule has 0 bridgehead atoms. The van der Waals surface area contributed by atoms with E-state index in [9.17, 15) is 18.4 Å². The van der Waals surface area contributed by atoms with Gasteiger partial charge in [-0.15, -0.1) is 11.8 Å². The minimum Gasteiger partial charge on any atom is -0.326 e. The Hall–Kier alpha value is -2.41. The predicted octanol–water partition coefficient (Wildman–Crippen LogP) is 4.73. The molecule has 4 nitrogen and oxygen atoms in total. The number of anilines is 2. The van der Waals surface area contributed by atoms with E-state index < -0.39 is 22.4 Å². The van der Waals surface area contributed by atoms with E-state index in [1.54, 1.807) is 18.2 Å².